The molecule has 0 bridgehead atoms. The molecule has 1 atom stereocenters. The van der Waals surface area contributed by atoms with Gasteiger partial charge in [-0.1, -0.05) is 0 Å². The zero-order chi connectivity index (χ0) is 19.3. The molecular formula is C16H8F6N2O2. The first-order chi connectivity index (χ1) is 12.0. The first-order valence-corrected chi connectivity index (χ1v) is 7.06. The van der Waals surface area contributed by atoms with Crippen molar-refractivity contribution >= 4 is 0 Å². The number of fused-ring (bicyclic) bond motifs is 1. The summed E-state index contributed by atoms with van der Waals surface area (Å²) in [6.07, 6.45) is -8.39. The van der Waals surface area contributed by atoms with Crippen molar-refractivity contribution < 1.29 is 36.2 Å². The van der Waals surface area contributed by atoms with Crippen molar-refractivity contribution in [1.82, 2.24) is 4.98 Å². The van der Waals surface area contributed by atoms with Gasteiger partial charge < -0.3 is 9.84 Å². The number of aliphatic hydroxyl groups is 1. The molecule has 1 N–H and O–H groups in total. The Kier molecular flexibility index (Phi) is 4.07. The summed E-state index contributed by atoms with van der Waals surface area (Å²) in [6.45, 7) is 0. The summed E-state index contributed by atoms with van der Waals surface area (Å²) < 4.78 is 85.3. The van der Waals surface area contributed by atoms with Crippen LogP contribution in [0.2, 0.25) is 0 Å². The van der Waals surface area contributed by atoms with Crippen molar-refractivity contribution in [3.63, 3.8) is 0 Å². The summed E-state index contributed by atoms with van der Waals surface area (Å²) in [4.78, 5) is 3.10. The molecule has 0 aliphatic heterocycles. The maximum atomic E-state index is 13.8. The van der Waals surface area contributed by atoms with Gasteiger partial charge in [0.05, 0.1) is 17.8 Å². The van der Waals surface area contributed by atoms with E-state index >= 15 is 0 Å². The Labute approximate surface area is 142 Å². The van der Waals surface area contributed by atoms with Crippen molar-refractivity contribution in [2.75, 3.05) is 0 Å². The molecule has 3 rings (SSSR count). The molecule has 0 saturated carbocycles. The quantitative estimate of drug-likeness (QED) is 0.803. The Balaban J connectivity index is 2.12. The maximum absolute atomic E-state index is 13.8. The Bertz CT molecular complexity index is 920. The summed E-state index contributed by atoms with van der Waals surface area (Å²) in [5, 5.41) is 18.4. The van der Waals surface area contributed by atoms with Crippen LogP contribution in [0, 0.1) is 17.1 Å². The Morgan fingerprint density at radius 2 is 1.96 bits per heavy atom. The zero-order valence-electron chi connectivity index (χ0n) is 12.6. The van der Waals surface area contributed by atoms with E-state index in [9.17, 15) is 31.4 Å². The summed E-state index contributed by atoms with van der Waals surface area (Å²) in [5.74, 6) is -5.47. The number of alkyl halides is 5. The molecule has 1 heterocycles. The van der Waals surface area contributed by atoms with Gasteiger partial charge >= 0.3 is 6.18 Å². The zero-order valence-corrected chi connectivity index (χ0v) is 12.6. The van der Waals surface area contributed by atoms with Gasteiger partial charge in [-0.2, -0.15) is 18.4 Å². The topological polar surface area (TPSA) is 66.1 Å². The van der Waals surface area contributed by atoms with Crippen molar-refractivity contribution in [3.05, 3.63) is 52.6 Å². The van der Waals surface area contributed by atoms with Crippen molar-refractivity contribution in [2.45, 2.75) is 24.6 Å². The number of halogens is 6. The number of aromatic nitrogens is 1. The number of hydrogen-bond donors (Lipinski definition) is 1. The average Bonchev–Trinajstić information content (AvgIpc) is 2.77. The molecule has 136 valence electrons. The third-order valence-corrected chi connectivity index (χ3v) is 3.77. The number of nitrogens with zero attached hydrogens (tertiary/aromatic N) is 2. The van der Waals surface area contributed by atoms with Crippen LogP contribution in [0.15, 0.2) is 24.4 Å². The molecule has 0 saturated heterocycles. The van der Waals surface area contributed by atoms with Gasteiger partial charge in [0.25, 0.3) is 5.92 Å². The van der Waals surface area contributed by atoms with Gasteiger partial charge in [0.1, 0.15) is 23.4 Å². The van der Waals surface area contributed by atoms with Crippen LogP contribution >= 0.6 is 0 Å². The second-order valence-corrected chi connectivity index (χ2v) is 5.59. The molecule has 1 aromatic heterocycles. The number of pyridine rings is 1. The molecule has 0 amide bonds. The minimum absolute atomic E-state index is 0.137. The second-order valence-electron chi connectivity index (χ2n) is 5.59. The lowest BCUT2D eigenvalue weighted by Gasteiger charge is -2.17. The standard InChI is InChI=1S/C16H8F6N2O2/c17-8-1-7(5-23)2-9(3-8)26-11-6-24-13(16(20,21)22)12-10(11)4-15(18,19)14(12)25/h1-3,6,14,25H,4H2/t14-/m0/s1. The largest absolute Gasteiger partial charge is 0.455 e. The van der Waals surface area contributed by atoms with E-state index < -0.39 is 53.0 Å². The number of ether oxygens (including phenoxy) is 1. The van der Waals surface area contributed by atoms with E-state index in [1.807, 2.05) is 0 Å². The van der Waals surface area contributed by atoms with Gasteiger partial charge in [0, 0.05) is 23.6 Å². The van der Waals surface area contributed by atoms with Crippen LogP contribution in [0.25, 0.3) is 0 Å². The van der Waals surface area contributed by atoms with E-state index in [0.29, 0.717) is 6.20 Å². The van der Waals surface area contributed by atoms with Crippen LogP contribution in [-0.4, -0.2) is 16.0 Å². The van der Waals surface area contributed by atoms with Crippen molar-refractivity contribution in [3.8, 4) is 17.6 Å². The SMILES string of the molecule is N#Cc1cc(F)cc(Oc2cnc(C(F)(F)F)c3c2CC(F)(F)[C@H]3O)c1. The van der Waals surface area contributed by atoms with Gasteiger partial charge in [-0.25, -0.2) is 18.2 Å². The predicted molar refractivity (Wildman–Crippen MR) is 74.0 cm³/mol. The van der Waals surface area contributed by atoms with Crippen molar-refractivity contribution in [2.24, 2.45) is 0 Å². The fourth-order valence-electron chi connectivity index (χ4n) is 2.69. The maximum Gasteiger partial charge on any atom is 0.433 e. The minimum atomic E-state index is -5.06. The third kappa shape index (κ3) is 3.06. The molecule has 4 nitrogen and oxygen atoms in total. The highest BCUT2D eigenvalue weighted by molar-refractivity contribution is 5.50. The molecule has 10 heteroatoms. The number of nitriles is 1. The van der Waals surface area contributed by atoms with Gasteiger partial charge in [-0.15, -0.1) is 0 Å². The van der Waals surface area contributed by atoms with Crippen LogP contribution in [-0.2, 0) is 12.6 Å². The van der Waals surface area contributed by atoms with E-state index in [4.69, 9.17) is 10.00 Å². The highest BCUT2D eigenvalue weighted by Gasteiger charge is 2.53. The molecule has 0 spiro atoms. The molecule has 2 aromatic rings. The van der Waals surface area contributed by atoms with Gasteiger partial charge in [-0.3, -0.25) is 0 Å². The van der Waals surface area contributed by atoms with E-state index in [0.717, 1.165) is 18.2 Å². The molecule has 1 aliphatic carbocycles. The minimum Gasteiger partial charge on any atom is -0.455 e. The summed E-state index contributed by atoms with van der Waals surface area (Å²) in [7, 11) is 0. The lowest BCUT2D eigenvalue weighted by molar-refractivity contribution is -0.145. The van der Waals surface area contributed by atoms with Crippen LogP contribution in [0.3, 0.4) is 0 Å². The summed E-state index contributed by atoms with van der Waals surface area (Å²) >= 11 is 0. The predicted octanol–water partition coefficient (Wildman–Crippen LogP) is 4.13. The van der Waals surface area contributed by atoms with E-state index in [-0.39, 0.29) is 11.3 Å². The van der Waals surface area contributed by atoms with Gasteiger partial charge in [0.2, 0.25) is 0 Å². The summed E-state index contributed by atoms with van der Waals surface area (Å²) in [6, 6.07) is 4.45. The molecule has 0 unspecified atom stereocenters. The normalized spacial score (nSPS) is 18.3. The first-order valence-electron chi connectivity index (χ1n) is 7.06. The molecule has 0 radical (unpaired) electrons. The third-order valence-electron chi connectivity index (χ3n) is 3.77. The number of rotatable bonds is 2. The van der Waals surface area contributed by atoms with Gasteiger partial charge in [-0.05, 0) is 12.1 Å². The van der Waals surface area contributed by atoms with Crippen molar-refractivity contribution in [1.29, 1.82) is 5.26 Å². The van der Waals surface area contributed by atoms with E-state index in [1.54, 1.807) is 6.07 Å². The van der Waals surface area contributed by atoms with E-state index in [2.05, 4.69) is 4.98 Å². The fourth-order valence-corrected chi connectivity index (χ4v) is 2.69. The lowest BCUT2D eigenvalue weighted by Crippen LogP contribution is -2.23. The molecule has 1 aromatic carbocycles. The number of aliphatic hydroxyl groups excluding tert-OH is 1. The average molecular weight is 374 g/mol. The molecule has 0 fully saturated rings. The number of hydrogen-bond acceptors (Lipinski definition) is 4. The Morgan fingerprint density at radius 1 is 1.27 bits per heavy atom. The van der Waals surface area contributed by atoms with Crippen LogP contribution < -0.4 is 4.74 Å². The van der Waals surface area contributed by atoms with Crippen LogP contribution in [0.1, 0.15) is 28.5 Å². The molecular weight excluding hydrogens is 366 g/mol. The Morgan fingerprint density at radius 3 is 2.58 bits per heavy atom. The Hall–Kier alpha value is -2.80. The smallest absolute Gasteiger partial charge is 0.433 e. The van der Waals surface area contributed by atoms with Crippen LogP contribution in [0.5, 0.6) is 11.5 Å². The highest BCUT2D eigenvalue weighted by atomic mass is 19.4. The molecule has 26 heavy (non-hydrogen) atoms. The van der Waals surface area contributed by atoms with Gasteiger partial charge in [0.15, 0.2) is 5.69 Å². The highest BCUT2D eigenvalue weighted by Crippen LogP contribution is 2.50. The fraction of sp³-hybridized carbons (Fsp3) is 0.250. The summed E-state index contributed by atoms with van der Waals surface area (Å²) in [5.41, 5.74) is -3.42. The monoisotopic (exact) mass is 374 g/mol. The first kappa shape index (κ1) is 18.0. The van der Waals surface area contributed by atoms with Crippen LogP contribution in [0.4, 0.5) is 26.3 Å². The number of benzene rings is 1. The second kappa shape index (κ2) is 5.88. The molecule has 1 aliphatic rings. The lowest BCUT2D eigenvalue weighted by atomic mass is 10.1. The van der Waals surface area contributed by atoms with E-state index in [1.165, 1.54) is 0 Å².